The standard InChI is InChI=1S/C36H44FN7O5/c37-31-24-28(11-15-33(31)49-23-16-26-8-13-30(14-9-26)48-22-3-1-2-18-40-42-38)32(25-34(45)46)44-21-20-43(36(44)47)19-5-7-29-12-10-27-6-4-17-39-35(27)41-29/h8-15,24,32H,1-7,16-23,25H2,(H,39,41)(H,45,46)/t32-/m0/s1. The molecule has 260 valence electrons. The van der Waals surface area contributed by atoms with Gasteiger partial charge in [0.2, 0.25) is 0 Å². The van der Waals surface area contributed by atoms with Gasteiger partial charge >= 0.3 is 12.0 Å². The summed E-state index contributed by atoms with van der Waals surface area (Å²) < 4.78 is 26.7. The van der Waals surface area contributed by atoms with Gasteiger partial charge in [-0.3, -0.25) is 4.79 Å². The molecule has 5 rings (SSSR count). The van der Waals surface area contributed by atoms with Crippen molar-refractivity contribution >= 4 is 17.8 Å². The van der Waals surface area contributed by atoms with Crippen molar-refractivity contribution in [2.45, 2.75) is 63.8 Å². The summed E-state index contributed by atoms with van der Waals surface area (Å²) in [6.07, 6.45) is 6.46. The van der Waals surface area contributed by atoms with Crippen LogP contribution in [0.25, 0.3) is 10.4 Å². The van der Waals surface area contributed by atoms with Crippen molar-refractivity contribution in [2.24, 2.45) is 5.11 Å². The molecule has 1 saturated heterocycles. The second-order valence-electron chi connectivity index (χ2n) is 12.3. The summed E-state index contributed by atoms with van der Waals surface area (Å²) >= 11 is 0. The number of azide groups is 1. The Morgan fingerprint density at radius 3 is 2.69 bits per heavy atom. The van der Waals surface area contributed by atoms with Gasteiger partial charge in [-0.25, -0.2) is 14.2 Å². The van der Waals surface area contributed by atoms with Crippen LogP contribution in [0.1, 0.15) is 67.0 Å². The highest BCUT2D eigenvalue weighted by Crippen LogP contribution is 2.31. The average molecular weight is 674 g/mol. The van der Waals surface area contributed by atoms with Gasteiger partial charge in [0.15, 0.2) is 11.6 Å². The normalized spacial score (nSPS) is 14.5. The van der Waals surface area contributed by atoms with Crippen LogP contribution in [0.2, 0.25) is 0 Å². The van der Waals surface area contributed by atoms with Gasteiger partial charge in [-0.1, -0.05) is 29.4 Å². The molecular weight excluding hydrogens is 629 g/mol. The topological polar surface area (TPSA) is 153 Å². The summed E-state index contributed by atoms with van der Waals surface area (Å²) in [4.78, 5) is 35.9. The molecule has 0 unspecified atom stereocenters. The predicted octanol–water partition coefficient (Wildman–Crippen LogP) is 6.95. The molecule has 2 N–H and O–H groups in total. The molecule has 0 bridgehead atoms. The summed E-state index contributed by atoms with van der Waals surface area (Å²) in [5, 5.41) is 16.5. The number of anilines is 1. The number of carbonyl (C=O) groups is 2. The lowest BCUT2D eigenvalue weighted by atomic mass is 10.0. The van der Waals surface area contributed by atoms with E-state index in [1.807, 2.05) is 30.3 Å². The molecule has 2 amide bonds. The number of unbranched alkanes of at least 4 members (excludes halogenated alkanes) is 2. The van der Waals surface area contributed by atoms with Crippen molar-refractivity contribution in [3.8, 4) is 11.5 Å². The van der Waals surface area contributed by atoms with E-state index < -0.39 is 17.8 Å². The number of pyridine rings is 1. The van der Waals surface area contributed by atoms with Gasteiger partial charge in [-0.15, -0.1) is 0 Å². The van der Waals surface area contributed by atoms with Crippen molar-refractivity contribution in [1.82, 2.24) is 14.8 Å². The van der Waals surface area contributed by atoms with Crippen molar-refractivity contribution in [3.63, 3.8) is 0 Å². The highest BCUT2D eigenvalue weighted by molar-refractivity contribution is 5.78. The van der Waals surface area contributed by atoms with E-state index in [1.54, 1.807) is 11.0 Å². The summed E-state index contributed by atoms with van der Waals surface area (Å²) in [7, 11) is 0. The molecule has 0 spiro atoms. The number of halogens is 1. The molecule has 49 heavy (non-hydrogen) atoms. The lowest BCUT2D eigenvalue weighted by molar-refractivity contribution is -0.138. The van der Waals surface area contributed by atoms with Gasteiger partial charge < -0.3 is 29.7 Å². The molecule has 0 radical (unpaired) electrons. The summed E-state index contributed by atoms with van der Waals surface area (Å²) in [5.74, 6) is 0.109. The van der Waals surface area contributed by atoms with Crippen LogP contribution < -0.4 is 14.8 Å². The third-order valence-corrected chi connectivity index (χ3v) is 8.83. The number of nitrogens with zero attached hydrogens (tertiary/aromatic N) is 6. The number of fused-ring (bicyclic) bond motifs is 1. The maximum absolute atomic E-state index is 15.2. The lowest BCUT2D eigenvalue weighted by Crippen LogP contribution is -2.36. The van der Waals surface area contributed by atoms with Crippen LogP contribution >= 0.6 is 0 Å². The molecule has 2 aliphatic rings. The van der Waals surface area contributed by atoms with Crippen molar-refractivity contribution in [3.05, 3.63) is 93.2 Å². The van der Waals surface area contributed by atoms with Crippen LogP contribution in [0, 0.1) is 5.82 Å². The number of hydrogen-bond acceptors (Lipinski definition) is 7. The van der Waals surface area contributed by atoms with Gasteiger partial charge in [0.05, 0.1) is 25.7 Å². The second kappa shape index (κ2) is 17.9. The molecule has 1 aromatic heterocycles. The first-order chi connectivity index (χ1) is 23.9. The Balaban J connectivity index is 1.09. The van der Waals surface area contributed by atoms with Gasteiger partial charge in [0.1, 0.15) is 11.6 Å². The number of amides is 2. The summed E-state index contributed by atoms with van der Waals surface area (Å²) in [6, 6.07) is 15.2. The van der Waals surface area contributed by atoms with Crippen LogP contribution in [0.4, 0.5) is 15.0 Å². The highest BCUT2D eigenvalue weighted by atomic mass is 19.1. The smallest absolute Gasteiger partial charge is 0.320 e. The number of urea groups is 1. The van der Waals surface area contributed by atoms with Crippen LogP contribution in [0.3, 0.4) is 0 Å². The SMILES string of the molecule is [N-]=[N+]=NCCCCCOc1ccc(CCOc2ccc([C@H](CC(=O)O)N3CCN(CCCc4ccc5c(n4)NCCC5)C3=O)cc2F)cc1. The van der Waals surface area contributed by atoms with Gasteiger partial charge in [0.25, 0.3) is 0 Å². The number of nitrogens with one attached hydrogen (secondary N) is 1. The molecule has 1 fully saturated rings. The van der Waals surface area contributed by atoms with Gasteiger partial charge in [0, 0.05) is 49.8 Å². The van der Waals surface area contributed by atoms with E-state index >= 15 is 4.39 Å². The zero-order chi connectivity index (χ0) is 34.4. The van der Waals surface area contributed by atoms with Gasteiger partial charge in [-0.05, 0) is 97.5 Å². The molecule has 3 heterocycles. The highest BCUT2D eigenvalue weighted by Gasteiger charge is 2.35. The quantitative estimate of drug-likeness (QED) is 0.0605. The molecule has 2 aromatic carbocycles. The van der Waals surface area contributed by atoms with E-state index in [0.29, 0.717) is 44.8 Å². The number of hydrogen-bond donors (Lipinski definition) is 2. The fourth-order valence-electron chi connectivity index (χ4n) is 6.20. The fraction of sp³-hybridized carbons (Fsp3) is 0.472. The van der Waals surface area contributed by atoms with E-state index in [9.17, 15) is 14.7 Å². The van der Waals surface area contributed by atoms with E-state index in [2.05, 4.69) is 21.4 Å². The molecule has 12 nitrogen and oxygen atoms in total. The number of carboxylic acid groups (broad SMARTS) is 1. The molecule has 0 aliphatic carbocycles. The van der Waals surface area contributed by atoms with Crippen molar-refractivity contribution in [2.75, 3.05) is 51.3 Å². The number of carboxylic acids is 1. The minimum atomic E-state index is -1.07. The van der Waals surface area contributed by atoms with E-state index in [-0.39, 0.29) is 24.8 Å². The molecule has 13 heteroatoms. The zero-order valence-corrected chi connectivity index (χ0v) is 27.7. The largest absolute Gasteiger partial charge is 0.494 e. The number of aromatic nitrogens is 1. The van der Waals surface area contributed by atoms with Crippen LogP contribution in [-0.2, 0) is 24.1 Å². The third kappa shape index (κ3) is 10.2. The Kier molecular flexibility index (Phi) is 12.9. The van der Waals surface area contributed by atoms with E-state index in [4.69, 9.17) is 20.0 Å². The molecule has 3 aromatic rings. The maximum Gasteiger partial charge on any atom is 0.320 e. The molecule has 0 saturated carbocycles. The average Bonchev–Trinajstić information content (AvgIpc) is 3.47. The van der Waals surface area contributed by atoms with Crippen LogP contribution in [0.15, 0.2) is 59.7 Å². The van der Waals surface area contributed by atoms with Crippen molar-refractivity contribution in [1.29, 1.82) is 0 Å². The monoisotopic (exact) mass is 673 g/mol. The Morgan fingerprint density at radius 1 is 1.04 bits per heavy atom. The van der Waals surface area contributed by atoms with E-state index in [1.165, 1.54) is 22.6 Å². The van der Waals surface area contributed by atoms with Crippen molar-refractivity contribution < 1.29 is 28.6 Å². The first-order valence-electron chi connectivity index (χ1n) is 17.1. The molecule has 2 aliphatic heterocycles. The predicted molar refractivity (Wildman–Crippen MR) is 183 cm³/mol. The molecule has 1 atom stereocenters. The van der Waals surface area contributed by atoms with Gasteiger partial charge in [-0.2, -0.15) is 0 Å². The summed E-state index contributed by atoms with van der Waals surface area (Å²) in [5.41, 5.74) is 11.9. The Morgan fingerprint density at radius 2 is 1.90 bits per heavy atom. The first-order valence-corrected chi connectivity index (χ1v) is 17.1. The Bertz CT molecular complexity index is 1620. The Hall–Kier alpha value is -5.03. The number of carbonyl (C=O) groups excluding carboxylic acids is 1. The maximum atomic E-state index is 15.2. The first kappa shape index (κ1) is 35.3. The Labute approximate surface area is 285 Å². The van der Waals surface area contributed by atoms with Crippen LogP contribution in [-0.4, -0.2) is 77.8 Å². The number of rotatable bonds is 19. The third-order valence-electron chi connectivity index (χ3n) is 8.83. The summed E-state index contributed by atoms with van der Waals surface area (Å²) in [6.45, 7) is 3.62. The lowest BCUT2D eigenvalue weighted by Gasteiger charge is -2.27. The van der Waals surface area contributed by atoms with Crippen LogP contribution in [0.5, 0.6) is 11.5 Å². The number of benzene rings is 2. The minimum Gasteiger partial charge on any atom is -0.494 e. The zero-order valence-electron chi connectivity index (χ0n) is 27.7. The molecular formula is C36H44FN7O5. The number of aliphatic carboxylic acids is 1. The fourth-order valence-corrected chi connectivity index (χ4v) is 6.20. The minimum absolute atomic E-state index is 0.0681. The van der Waals surface area contributed by atoms with E-state index in [0.717, 1.165) is 74.3 Å². The number of ether oxygens (including phenoxy) is 2. The number of aryl methyl sites for hydroxylation is 2. The second-order valence-corrected chi connectivity index (χ2v) is 12.3.